The average Bonchev–Trinajstić information content (AvgIpc) is 2.87. The first-order valence-corrected chi connectivity index (χ1v) is 10.6. The largest absolute Gasteiger partial charge is 0.497 e. The van der Waals surface area contributed by atoms with Crippen LogP contribution < -0.4 is 14.4 Å². The van der Waals surface area contributed by atoms with E-state index in [-0.39, 0.29) is 0 Å². The zero-order chi connectivity index (χ0) is 22.2. The predicted octanol–water partition coefficient (Wildman–Crippen LogP) is 7.21. The summed E-state index contributed by atoms with van der Waals surface area (Å²) in [7, 11) is 3.37. The molecular formula is C29H27NO2. The van der Waals surface area contributed by atoms with Crippen molar-refractivity contribution in [1.29, 1.82) is 0 Å². The molecule has 0 aliphatic heterocycles. The maximum Gasteiger partial charge on any atom is 0.119 e. The van der Waals surface area contributed by atoms with Gasteiger partial charge in [0, 0.05) is 17.9 Å². The van der Waals surface area contributed by atoms with E-state index in [4.69, 9.17) is 9.47 Å². The molecule has 0 amide bonds. The van der Waals surface area contributed by atoms with Gasteiger partial charge in [-0.05, 0) is 65.2 Å². The van der Waals surface area contributed by atoms with E-state index in [1.54, 1.807) is 14.2 Å². The normalized spacial score (nSPS) is 10.8. The number of hydrogen-bond acceptors (Lipinski definition) is 3. The second-order valence-corrected chi connectivity index (χ2v) is 7.47. The molecule has 4 aromatic rings. The zero-order valence-electron chi connectivity index (χ0n) is 18.4. The quantitative estimate of drug-likeness (QED) is 0.281. The van der Waals surface area contributed by atoms with Gasteiger partial charge >= 0.3 is 0 Å². The third kappa shape index (κ3) is 5.38. The number of nitrogens with zero attached hydrogens (tertiary/aromatic N) is 1. The molecule has 0 atom stereocenters. The van der Waals surface area contributed by atoms with Crippen molar-refractivity contribution in [3.8, 4) is 11.5 Å². The molecule has 0 fully saturated rings. The van der Waals surface area contributed by atoms with Crippen molar-refractivity contribution < 1.29 is 9.47 Å². The molecule has 0 saturated heterocycles. The van der Waals surface area contributed by atoms with Crippen LogP contribution >= 0.6 is 0 Å². The number of rotatable bonds is 8. The van der Waals surface area contributed by atoms with Crippen LogP contribution in [0.15, 0.2) is 103 Å². The lowest BCUT2D eigenvalue weighted by molar-refractivity contribution is 0.415. The fourth-order valence-corrected chi connectivity index (χ4v) is 3.53. The lowest BCUT2D eigenvalue weighted by Crippen LogP contribution is -2.16. The molecule has 4 rings (SSSR count). The van der Waals surface area contributed by atoms with E-state index < -0.39 is 0 Å². The van der Waals surface area contributed by atoms with Crippen LogP contribution in [0.5, 0.6) is 11.5 Å². The van der Waals surface area contributed by atoms with Crippen molar-refractivity contribution in [2.45, 2.75) is 6.54 Å². The summed E-state index contributed by atoms with van der Waals surface area (Å²) in [6.45, 7) is 0.751. The Hall–Kier alpha value is -3.98. The molecule has 0 spiro atoms. The molecule has 0 unspecified atom stereocenters. The minimum absolute atomic E-state index is 0.751. The number of hydrogen-bond donors (Lipinski definition) is 0. The molecular weight excluding hydrogens is 394 g/mol. The molecule has 0 heterocycles. The Labute approximate surface area is 190 Å². The number of anilines is 2. The van der Waals surface area contributed by atoms with Crippen LogP contribution in [0.1, 0.15) is 16.7 Å². The van der Waals surface area contributed by atoms with Crippen molar-refractivity contribution in [1.82, 2.24) is 0 Å². The molecule has 0 aromatic heterocycles. The Morgan fingerprint density at radius 2 is 1.03 bits per heavy atom. The molecule has 160 valence electrons. The SMILES string of the molecule is COc1ccc(N(Cc2ccc(/C=C/c3ccccc3)cc2)c2ccc(OC)cc2)cc1. The number of benzene rings is 4. The standard InChI is InChI=1S/C29H27NO2/c1-31-28-18-14-26(15-19-28)30(27-16-20-29(32-2)21-17-27)22-25-12-10-24(11-13-25)9-8-23-6-4-3-5-7-23/h3-21H,22H2,1-2H3/b9-8+. The van der Waals surface area contributed by atoms with E-state index in [2.05, 4.69) is 89.8 Å². The fourth-order valence-electron chi connectivity index (χ4n) is 3.53. The van der Waals surface area contributed by atoms with Gasteiger partial charge in [-0.25, -0.2) is 0 Å². The van der Waals surface area contributed by atoms with Gasteiger partial charge in [-0.2, -0.15) is 0 Å². The Morgan fingerprint density at radius 3 is 1.50 bits per heavy atom. The Balaban J connectivity index is 1.56. The molecule has 0 N–H and O–H groups in total. The molecule has 0 bridgehead atoms. The maximum absolute atomic E-state index is 5.33. The van der Waals surface area contributed by atoms with Gasteiger partial charge in [0.25, 0.3) is 0 Å². The second-order valence-electron chi connectivity index (χ2n) is 7.47. The van der Waals surface area contributed by atoms with E-state index in [9.17, 15) is 0 Å². The van der Waals surface area contributed by atoms with Crippen molar-refractivity contribution in [2.24, 2.45) is 0 Å². The topological polar surface area (TPSA) is 21.7 Å². The first kappa shape index (κ1) is 21.3. The fraction of sp³-hybridized carbons (Fsp3) is 0.103. The van der Waals surface area contributed by atoms with Crippen LogP contribution in [0, 0.1) is 0 Å². The van der Waals surface area contributed by atoms with Gasteiger partial charge in [-0.3, -0.25) is 0 Å². The van der Waals surface area contributed by atoms with Gasteiger partial charge in [0.05, 0.1) is 14.2 Å². The Kier molecular flexibility index (Phi) is 6.88. The molecule has 0 radical (unpaired) electrons. The summed E-state index contributed by atoms with van der Waals surface area (Å²) in [5.74, 6) is 1.69. The monoisotopic (exact) mass is 421 g/mol. The van der Waals surface area contributed by atoms with E-state index in [1.165, 1.54) is 16.7 Å². The van der Waals surface area contributed by atoms with Crippen molar-refractivity contribution in [2.75, 3.05) is 19.1 Å². The Bertz CT molecular complexity index is 1090. The lowest BCUT2D eigenvalue weighted by Gasteiger charge is -2.26. The minimum Gasteiger partial charge on any atom is -0.497 e. The number of methoxy groups -OCH3 is 2. The third-order valence-electron chi connectivity index (χ3n) is 5.36. The van der Waals surface area contributed by atoms with E-state index in [1.807, 2.05) is 30.3 Å². The first-order chi connectivity index (χ1) is 15.7. The van der Waals surface area contributed by atoms with Crippen molar-refractivity contribution in [3.05, 3.63) is 120 Å². The van der Waals surface area contributed by atoms with E-state index >= 15 is 0 Å². The van der Waals surface area contributed by atoms with Crippen LogP contribution in [-0.4, -0.2) is 14.2 Å². The Morgan fingerprint density at radius 1 is 0.562 bits per heavy atom. The molecule has 0 aliphatic rings. The van der Waals surface area contributed by atoms with Gasteiger partial charge in [0.1, 0.15) is 11.5 Å². The average molecular weight is 422 g/mol. The highest BCUT2D eigenvalue weighted by Gasteiger charge is 2.11. The van der Waals surface area contributed by atoms with Crippen molar-refractivity contribution >= 4 is 23.5 Å². The van der Waals surface area contributed by atoms with E-state index in [0.29, 0.717) is 0 Å². The molecule has 0 saturated carbocycles. The van der Waals surface area contributed by atoms with Gasteiger partial charge < -0.3 is 14.4 Å². The summed E-state index contributed by atoms with van der Waals surface area (Å²) in [5.41, 5.74) is 5.81. The summed E-state index contributed by atoms with van der Waals surface area (Å²) in [6, 6.07) is 35.3. The molecule has 3 heteroatoms. The van der Waals surface area contributed by atoms with Crippen LogP contribution in [-0.2, 0) is 6.54 Å². The highest BCUT2D eigenvalue weighted by molar-refractivity contribution is 5.70. The van der Waals surface area contributed by atoms with E-state index in [0.717, 1.165) is 29.4 Å². The maximum atomic E-state index is 5.33. The zero-order valence-corrected chi connectivity index (χ0v) is 18.4. The highest BCUT2D eigenvalue weighted by atomic mass is 16.5. The van der Waals surface area contributed by atoms with Gasteiger partial charge in [-0.1, -0.05) is 66.7 Å². The number of ether oxygens (including phenoxy) is 2. The molecule has 0 aliphatic carbocycles. The first-order valence-electron chi connectivity index (χ1n) is 10.6. The lowest BCUT2D eigenvalue weighted by atomic mass is 10.1. The van der Waals surface area contributed by atoms with Crippen LogP contribution in [0.2, 0.25) is 0 Å². The van der Waals surface area contributed by atoms with Gasteiger partial charge in [0.15, 0.2) is 0 Å². The van der Waals surface area contributed by atoms with Crippen molar-refractivity contribution in [3.63, 3.8) is 0 Å². The highest BCUT2D eigenvalue weighted by Crippen LogP contribution is 2.30. The summed E-state index contributed by atoms with van der Waals surface area (Å²) >= 11 is 0. The van der Waals surface area contributed by atoms with Gasteiger partial charge in [-0.15, -0.1) is 0 Å². The van der Waals surface area contributed by atoms with Crippen LogP contribution in [0.4, 0.5) is 11.4 Å². The van der Waals surface area contributed by atoms with Gasteiger partial charge in [0.2, 0.25) is 0 Å². The summed E-state index contributed by atoms with van der Waals surface area (Å²) in [5, 5.41) is 0. The smallest absolute Gasteiger partial charge is 0.119 e. The summed E-state index contributed by atoms with van der Waals surface area (Å²) in [6.07, 6.45) is 4.28. The predicted molar refractivity (Wildman–Crippen MR) is 134 cm³/mol. The van der Waals surface area contributed by atoms with Crippen LogP contribution in [0.25, 0.3) is 12.2 Å². The summed E-state index contributed by atoms with van der Waals surface area (Å²) < 4.78 is 10.7. The molecule has 3 nitrogen and oxygen atoms in total. The third-order valence-corrected chi connectivity index (χ3v) is 5.36. The minimum atomic E-state index is 0.751. The second kappa shape index (κ2) is 10.4. The summed E-state index contributed by atoms with van der Waals surface area (Å²) in [4.78, 5) is 2.29. The molecule has 4 aromatic carbocycles. The molecule has 32 heavy (non-hydrogen) atoms. The van der Waals surface area contributed by atoms with Crippen LogP contribution in [0.3, 0.4) is 0 Å².